The Morgan fingerprint density at radius 3 is 2.08 bits per heavy atom. The summed E-state index contributed by atoms with van der Waals surface area (Å²) in [6.45, 7) is 18.4. The number of fused-ring (bicyclic) bond motifs is 5. The lowest BCUT2D eigenvalue weighted by Crippen LogP contribution is -2.54. The van der Waals surface area contributed by atoms with Crippen molar-refractivity contribution in [3.63, 3.8) is 0 Å². The number of esters is 3. The van der Waals surface area contributed by atoms with Crippen LogP contribution in [0.2, 0.25) is 0 Å². The maximum absolute atomic E-state index is 12.3. The molecule has 40 heavy (non-hydrogen) atoms. The van der Waals surface area contributed by atoms with Crippen LogP contribution in [0, 0.1) is 52.3 Å². The molecule has 0 amide bonds. The predicted molar refractivity (Wildman–Crippen MR) is 155 cm³/mol. The first kappa shape index (κ1) is 31.1. The minimum Gasteiger partial charge on any atom is -0.463 e. The summed E-state index contributed by atoms with van der Waals surface area (Å²) < 4.78 is 17.6. The van der Waals surface area contributed by atoms with Crippen LogP contribution < -0.4 is 0 Å². The van der Waals surface area contributed by atoms with Crippen LogP contribution in [0.15, 0.2) is 11.6 Å². The lowest BCUT2D eigenvalue weighted by atomic mass is 9.47. The Bertz CT molecular complexity index is 1000. The fourth-order valence-electron chi connectivity index (χ4n) is 9.68. The molecule has 0 aromatic rings. The van der Waals surface area contributed by atoms with Crippen molar-refractivity contribution >= 4 is 17.9 Å². The van der Waals surface area contributed by atoms with Gasteiger partial charge in [0.25, 0.3) is 0 Å². The van der Waals surface area contributed by atoms with Crippen molar-refractivity contribution in [3.8, 4) is 0 Å². The van der Waals surface area contributed by atoms with Crippen molar-refractivity contribution < 1.29 is 28.6 Å². The zero-order valence-corrected chi connectivity index (χ0v) is 26.5. The first-order valence-electron chi connectivity index (χ1n) is 15.9. The van der Waals surface area contributed by atoms with Crippen molar-refractivity contribution in [1.29, 1.82) is 0 Å². The second-order valence-corrected chi connectivity index (χ2v) is 14.7. The molecule has 3 saturated carbocycles. The molecule has 0 aromatic heterocycles. The molecule has 0 aliphatic heterocycles. The SMILES string of the molecule is CC(=O)OC1CCC2(C)C3CCC4(C)C(CCC4C(C)CC(OC(C)=O)C(C)C(C)C)C3=CC(OC(C)=O)C2C1. The summed E-state index contributed by atoms with van der Waals surface area (Å²) in [7, 11) is 0. The van der Waals surface area contributed by atoms with Gasteiger partial charge in [-0.2, -0.15) is 0 Å². The Kier molecular flexibility index (Phi) is 9.17. The molecule has 4 aliphatic carbocycles. The van der Waals surface area contributed by atoms with Crippen molar-refractivity contribution in [2.24, 2.45) is 52.3 Å². The highest BCUT2D eigenvalue weighted by atomic mass is 16.6. The maximum Gasteiger partial charge on any atom is 0.303 e. The summed E-state index contributed by atoms with van der Waals surface area (Å²) in [5.41, 5.74) is 1.73. The fourth-order valence-corrected chi connectivity index (χ4v) is 9.68. The van der Waals surface area contributed by atoms with Gasteiger partial charge in [-0.05, 0) is 104 Å². The van der Waals surface area contributed by atoms with E-state index in [2.05, 4.69) is 47.6 Å². The lowest BCUT2D eigenvalue weighted by Gasteiger charge is -2.59. The molecule has 0 aromatic carbocycles. The molecule has 4 rings (SSSR count). The van der Waals surface area contributed by atoms with Gasteiger partial charge in [0.05, 0.1) is 0 Å². The third kappa shape index (κ3) is 5.88. The lowest BCUT2D eigenvalue weighted by molar-refractivity contribution is -0.165. The first-order chi connectivity index (χ1) is 18.7. The molecule has 226 valence electrons. The molecule has 6 heteroatoms. The van der Waals surface area contributed by atoms with Crippen LogP contribution in [0.25, 0.3) is 0 Å². The smallest absolute Gasteiger partial charge is 0.303 e. The maximum atomic E-state index is 12.3. The van der Waals surface area contributed by atoms with Crippen LogP contribution in [0.5, 0.6) is 0 Å². The molecular weight excluding hydrogens is 504 g/mol. The number of ether oxygens (including phenoxy) is 3. The quantitative estimate of drug-likeness (QED) is 0.177. The van der Waals surface area contributed by atoms with Gasteiger partial charge < -0.3 is 14.2 Å². The van der Waals surface area contributed by atoms with E-state index in [4.69, 9.17) is 14.2 Å². The van der Waals surface area contributed by atoms with Crippen LogP contribution in [0.1, 0.15) is 114 Å². The van der Waals surface area contributed by atoms with E-state index in [1.807, 2.05) is 0 Å². The van der Waals surface area contributed by atoms with E-state index < -0.39 is 0 Å². The van der Waals surface area contributed by atoms with Crippen molar-refractivity contribution in [3.05, 3.63) is 11.6 Å². The molecule has 11 atom stereocenters. The number of carbonyl (C=O) groups is 3. The minimum absolute atomic E-state index is 0.0268. The second kappa shape index (κ2) is 11.8. The van der Waals surface area contributed by atoms with Gasteiger partial charge in [-0.15, -0.1) is 0 Å². The van der Waals surface area contributed by atoms with Crippen LogP contribution >= 0.6 is 0 Å². The molecule has 0 N–H and O–H groups in total. The van der Waals surface area contributed by atoms with Gasteiger partial charge in [0, 0.05) is 26.7 Å². The van der Waals surface area contributed by atoms with Gasteiger partial charge in [-0.25, -0.2) is 0 Å². The minimum atomic E-state index is -0.272. The highest BCUT2D eigenvalue weighted by Gasteiger charge is 2.60. The van der Waals surface area contributed by atoms with Crippen molar-refractivity contribution in [1.82, 2.24) is 0 Å². The number of hydrogen-bond acceptors (Lipinski definition) is 6. The molecule has 0 radical (unpaired) electrons. The molecule has 6 nitrogen and oxygen atoms in total. The molecule has 11 unspecified atom stereocenters. The summed E-state index contributed by atoms with van der Waals surface area (Å²) in [5, 5.41) is 0. The van der Waals surface area contributed by atoms with E-state index in [1.54, 1.807) is 0 Å². The van der Waals surface area contributed by atoms with Crippen LogP contribution in [0.4, 0.5) is 0 Å². The first-order valence-corrected chi connectivity index (χ1v) is 15.9. The van der Waals surface area contributed by atoms with Gasteiger partial charge in [-0.3, -0.25) is 14.4 Å². The van der Waals surface area contributed by atoms with E-state index in [0.29, 0.717) is 35.5 Å². The Morgan fingerprint density at radius 2 is 1.48 bits per heavy atom. The summed E-state index contributed by atoms with van der Waals surface area (Å²) in [6.07, 6.45) is 10.1. The zero-order chi connectivity index (χ0) is 29.6. The Morgan fingerprint density at radius 1 is 0.850 bits per heavy atom. The topological polar surface area (TPSA) is 78.9 Å². The average Bonchev–Trinajstić information content (AvgIpc) is 3.20. The number of rotatable bonds is 8. The Labute approximate surface area is 242 Å². The summed E-state index contributed by atoms with van der Waals surface area (Å²) in [6, 6.07) is 0. The molecule has 3 fully saturated rings. The second-order valence-electron chi connectivity index (χ2n) is 14.7. The third-order valence-electron chi connectivity index (χ3n) is 12.0. The molecule has 0 saturated heterocycles. The molecule has 0 bridgehead atoms. The third-order valence-corrected chi connectivity index (χ3v) is 12.0. The van der Waals surface area contributed by atoms with Gasteiger partial charge in [0.2, 0.25) is 0 Å². The summed E-state index contributed by atoms with van der Waals surface area (Å²) in [4.78, 5) is 36.0. The monoisotopic (exact) mass is 558 g/mol. The largest absolute Gasteiger partial charge is 0.463 e. The number of hydrogen-bond donors (Lipinski definition) is 0. The van der Waals surface area contributed by atoms with Gasteiger partial charge in [0.15, 0.2) is 0 Å². The van der Waals surface area contributed by atoms with Gasteiger partial charge >= 0.3 is 17.9 Å². The van der Waals surface area contributed by atoms with Crippen LogP contribution in [0.3, 0.4) is 0 Å². The standard InChI is InChI=1S/C34H54O6/c1-19(2)21(4)31(39-23(6)36)16-20(3)27-10-11-28-26-18-32(40-24(7)37)30-17-25(38-22(5)35)12-14-34(30,9)29(26)13-15-33(27,28)8/h18-21,25,27-32H,10-17H2,1-9H3. The average molecular weight is 559 g/mol. The molecule has 0 spiro atoms. The van der Waals surface area contributed by atoms with Crippen LogP contribution in [-0.4, -0.2) is 36.2 Å². The van der Waals surface area contributed by atoms with E-state index in [-0.39, 0.29) is 53.0 Å². The van der Waals surface area contributed by atoms with Crippen molar-refractivity contribution in [2.75, 3.05) is 0 Å². The Hall–Kier alpha value is -1.85. The number of allylic oxidation sites excluding steroid dienone is 1. The van der Waals surface area contributed by atoms with E-state index in [0.717, 1.165) is 38.5 Å². The number of carbonyl (C=O) groups excluding carboxylic acids is 3. The van der Waals surface area contributed by atoms with Gasteiger partial charge in [0.1, 0.15) is 18.3 Å². The predicted octanol–water partition coefficient (Wildman–Crippen LogP) is 7.29. The molecular formula is C34H54O6. The van der Waals surface area contributed by atoms with E-state index in [9.17, 15) is 14.4 Å². The highest BCUT2D eigenvalue weighted by molar-refractivity contribution is 5.67. The molecule has 0 heterocycles. The van der Waals surface area contributed by atoms with Crippen LogP contribution in [-0.2, 0) is 28.6 Å². The zero-order valence-electron chi connectivity index (χ0n) is 26.5. The summed E-state index contributed by atoms with van der Waals surface area (Å²) >= 11 is 0. The molecule has 4 aliphatic rings. The normalized spacial score (nSPS) is 39.1. The summed E-state index contributed by atoms with van der Waals surface area (Å²) in [5.74, 6) is 2.24. The fraction of sp³-hybridized carbons (Fsp3) is 0.853. The highest BCUT2D eigenvalue weighted by Crippen LogP contribution is 2.67. The van der Waals surface area contributed by atoms with E-state index >= 15 is 0 Å². The van der Waals surface area contributed by atoms with E-state index in [1.165, 1.54) is 39.2 Å². The van der Waals surface area contributed by atoms with Gasteiger partial charge in [-0.1, -0.05) is 47.1 Å². The Balaban J connectivity index is 1.60. The van der Waals surface area contributed by atoms with Crippen molar-refractivity contribution in [2.45, 2.75) is 132 Å².